The Morgan fingerprint density at radius 2 is 1.65 bits per heavy atom. The summed E-state index contributed by atoms with van der Waals surface area (Å²) < 4.78 is 5.56. The van der Waals surface area contributed by atoms with Gasteiger partial charge in [0.2, 0.25) is 0 Å². The maximum Gasteiger partial charge on any atom is 0.257 e. The Hall–Kier alpha value is -2.29. The molecule has 0 atom stereocenters. The van der Waals surface area contributed by atoms with Crippen molar-refractivity contribution in [2.45, 2.75) is 27.2 Å². The van der Waals surface area contributed by atoms with E-state index in [0.29, 0.717) is 24.4 Å². The summed E-state index contributed by atoms with van der Waals surface area (Å²) in [6, 6.07) is 14.2. The van der Waals surface area contributed by atoms with Crippen molar-refractivity contribution in [2.24, 2.45) is 0 Å². The molecule has 0 unspecified atom stereocenters. The molecule has 0 bridgehead atoms. The minimum Gasteiger partial charge on any atom is -0.496 e. The van der Waals surface area contributed by atoms with Gasteiger partial charge in [-0.3, -0.25) is 4.79 Å². The quantitative estimate of drug-likeness (QED) is 0.791. The van der Waals surface area contributed by atoms with E-state index in [4.69, 9.17) is 4.74 Å². The fraction of sp³-hybridized carbons (Fsp3) is 0.350. The number of ether oxygens (including phenoxy) is 1. The smallest absolute Gasteiger partial charge is 0.257 e. The molecule has 0 heterocycles. The molecule has 0 N–H and O–H groups in total. The van der Waals surface area contributed by atoms with Crippen molar-refractivity contribution < 1.29 is 9.53 Å². The summed E-state index contributed by atoms with van der Waals surface area (Å²) in [4.78, 5) is 14.7. The van der Waals surface area contributed by atoms with Gasteiger partial charge < -0.3 is 9.64 Å². The molecule has 2 aromatic rings. The predicted octanol–water partition coefficient (Wildman–Crippen LogP) is 4.41. The summed E-state index contributed by atoms with van der Waals surface area (Å²) >= 11 is 0. The molecule has 3 nitrogen and oxygen atoms in total. The maximum absolute atomic E-state index is 12.9. The second-order valence-corrected chi connectivity index (χ2v) is 5.41. The zero-order valence-electron chi connectivity index (χ0n) is 14.4. The van der Waals surface area contributed by atoms with Crippen LogP contribution in [0.15, 0.2) is 42.5 Å². The Labute approximate surface area is 138 Å². The third kappa shape index (κ3) is 3.55. The molecule has 0 saturated heterocycles. The molecular formula is C20H25NO2. The van der Waals surface area contributed by atoms with Gasteiger partial charge >= 0.3 is 0 Å². The maximum atomic E-state index is 12.9. The standard InChI is InChI=1S/C20H25NO2/c1-5-15-13-17(16-11-9-8-10-12-16)14-18(23-4)19(15)20(22)21(6-2)7-3/h8-14H,5-7H2,1-4H3. The first-order valence-electron chi connectivity index (χ1n) is 8.21. The van der Waals surface area contributed by atoms with E-state index in [1.54, 1.807) is 7.11 Å². The molecule has 0 aliphatic heterocycles. The summed E-state index contributed by atoms with van der Waals surface area (Å²) in [5, 5.41) is 0. The average molecular weight is 311 g/mol. The molecule has 0 aliphatic rings. The van der Waals surface area contributed by atoms with Crippen molar-refractivity contribution in [1.29, 1.82) is 0 Å². The third-order valence-corrected chi connectivity index (χ3v) is 4.16. The molecule has 0 fully saturated rings. The highest BCUT2D eigenvalue weighted by Crippen LogP contribution is 2.32. The highest BCUT2D eigenvalue weighted by molar-refractivity contribution is 5.99. The molecule has 0 spiro atoms. The van der Waals surface area contributed by atoms with Gasteiger partial charge in [-0.15, -0.1) is 0 Å². The molecule has 3 heteroatoms. The SMILES string of the molecule is CCc1cc(-c2ccccc2)cc(OC)c1C(=O)N(CC)CC. The molecule has 0 saturated carbocycles. The van der Waals surface area contributed by atoms with E-state index in [0.717, 1.165) is 23.1 Å². The second-order valence-electron chi connectivity index (χ2n) is 5.41. The van der Waals surface area contributed by atoms with Crippen LogP contribution in [0.2, 0.25) is 0 Å². The molecule has 23 heavy (non-hydrogen) atoms. The van der Waals surface area contributed by atoms with Crippen molar-refractivity contribution in [1.82, 2.24) is 4.90 Å². The predicted molar refractivity (Wildman–Crippen MR) is 95.1 cm³/mol. The lowest BCUT2D eigenvalue weighted by atomic mass is 9.96. The van der Waals surface area contributed by atoms with Gasteiger partial charge in [0, 0.05) is 13.1 Å². The summed E-state index contributed by atoms with van der Waals surface area (Å²) in [6.07, 6.45) is 0.791. The van der Waals surface area contributed by atoms with E-state index in [2.05, 4.69) is 25.1 Å². The highest BCUT2D eigenvalue weighted by Gasteiger charge is 2.22. The van der Waals surface area contributed by atoms with Crippen molar-refractivity contribution in [3.8, 4) is 16.9 Å². The number of hydrogen-bond donors (Lipinski definition) is 0. The van der Waals surface area contributed by atoms with Gasteiger partial charge in [-0.25, -0.2) is 0 Å². The fourth-order valence-electron chi connectivity index (χ4n) is 2.82. The number of carbonyl (C=O) groups is 1. The number of benzene rings is 2. The number of carbonyl (C=O) groups excluding carboxylic acids is 1. The second kappa shape index (κ2) is 7.82. The summed E-state index contributed by atoms with van der Waals surface area (Å²) in [7, 11) is 1.63. The Kier molecular flexibility index (Phi) is 5.80. The zero-order valence-corrected chi connectivity index (χ0v) is 14.4. The summed E-state index contributed by atoms with van der Waals surface area (Å²) in [5.41, 5.74) is 3.93. The van der Waals surface area contributed by atoms with Gasteiger partial charge in [-0.05, 0) is 43.0 Å². The van der Waals surface area contributed by atoms with Crippen LogP contribution in [0.1, 0.15) is 36.7 Å². The van der Waals surface area contributed by atoms with Crippen LogP contribution in [0.5, 0.6) is 5.75 Å². The first-order chi connectivity index (χ1) is 11.2. The van der Waals surface area contributed by atoms with E-state index in [9.17, 15) is 4.79 Å². The van der Waals surface area contributed by atoms with Crippen LogP contribution in [-0.4, -0.2) is 31.0 Å². The Balaban J connectivity index is 2.57. The van der Waals surface area contributed by atoms with Crippen LogP contribution in [0.25, 0.3) is 11.1 Å². The van der Waals surface area contributed by atoms with Crippen LogP contribution in [0, 0.1) is 0 Å². The van der Waals surface area contributed by atoms with Gasteiger partial charge in [0.1, 0.15) is 5.75 Å². The van der Waals surface area contributed by atoms with E-state index >= 15 is 0 Å². The summed E-state index contributed by atoms with van der Waals surface area (Å²) in [5.74, 6) is 0.698. The lowest BCUT2D eigenvalue weighted by Crippen LogP contribution is -2.31. The van der Waals surface area contributed by atoms with Crippen LogP contribution < -0.4 is 4.74 Å². The molecule has 2 rings (SSSR count). The largest absolute Gasteiger partial charge is 0.496 e. The van der Waals surface area contributed by atoms with Gasteiger partial charge in [0.05, 0.1) is 12.7 Å². The van der Waals surface area contributed by atoms with Crippen molar-refractivity contribution in [3.63, 3.8) is 0 Å². The zero-order chi connectivity index (χ0) is 16.8. The highest BCUT2D eigenvalue weighted by atomic mass is 16.5. The molecule has 1 amide bonds. The molecule has 0 radical (unpaired) electrons. The molecular weight excluding hydrogens is 286 g/mol. The lowest BCUT2D eigenvalue weighted by molar-refractivity contribution is 0.0768. The number of amides is 1. The molecule has 0 aromatic heterocycles. The first-order valence-corrected chi connectivity index (χ1v) is 8.21. The number of aryl methyl sites for hydroxylation is 1. The van der Waals surface area contributed by atoms with E-state index in [1.165, 1.54) is 0 Å². The normalized spacial score (nSPS) is 10.4. The number of nitrogens with zero attached hydrogens (tertiary/aromatic N) is 1. The van der Waals surface area contributed by atoms with Gasteiger partial charge in [0.15, 0.2) is 0 Å². The molecule has 0 aliphatic carbocycles. The van der Waals surface area contributed by atoms with Gasteiger partial charge in [0.25, 0.3) is 5.91 Å². The van der Waals surface area contributed by atoms with Gasteiger partial charge in [-0.1, -0.05) is 43.3 Å². The van der Waals surface area contributed by atoms with Crippen LogP contribution in [0.4, 0.5) is 0 Å². The fourth-order valence-corrected chi connectivity index (χ4v) is 2.82. The van der Waals surface area contributed by atoms with E-state index in [-0.39, 0.29) is 5.91 Å². The van der Waals surface area contributed by atoms with E-state index < -0.39 is 0 Å². The number of methoxy groups -OCH3 is 1. The van der Waals surface area contributed by atoms with Crippen molar-refractivity contribution in [2.75, 3.05) is 20.2 Å². The van der Waals surface area contributed by atoms with Crippen LogP contribution in [0.3, 0.4) is 0 Å². The molecule has 2 aromatic carbocycles. The van der Waals surface area contributed by atoms with E-state index in [1.807, 2.05) is 43.0 Å². The minimum absolute atomic E-state index is 0.0447. The molecule has 122 valence electrons. The Morgan fingerprint density at radius 1 is 1.00 bits per heavy atom. The first kappa shape index (κ1) is 17.1. The Morgan fingerprint density at radius 3 is 2.17 bits per heavy atom. The lowest BCUT2D eigenvalue weighted by Gasteiger charge is -2.22. The number of rotatable bonds is 6. The summed E-state index contributed by atoms with van der Waals surface area (Å²) in [6.45, 7) is 7.46. The van der Waals surface area contributed by atoms with Crippen molar-refractivity contribution in [3.05, 3.63) is 53.6 Å². The van der Waals surface area contributed by atoms with Gasteiger partial charge in [-0.2, -0.15) is 0 Å². The monoisotopic (exact) mass is 311 g/mol. The minimum atomic E-state index is 0.0447. The Bertz CT molecular complexity index is 636. The average Bonchev–Trinajstić information content (AvgIpc) is 2.62. The van der Waals surface area contributed by atoms with Crippen LogP contribution in [-0.2, 0) is 6.42 Å². The third-order valence-electron chi connectivity index (χ3n) is 4.16. The number of hydrogen-bond acceptors (Lipinski definition) is 2. The topological polar surface area (TPSA) is 29.5 Å². The van der Waals surface area contributed by atoms with Crippen LogP contribution >= 0.6 is 0 Å². The van der Waals surface area contributed by atoms with Crippen molar-refractivity contribution >= 4 is 5.91 Å².